The van der Waals surface area contributed by atoms with Crippen LogP contribution in [0.2, 0.25) is 5.02 Å². The van der Waals surface area contributed by atoms with Crippen molar-refractivity contribution in [2.24, 2.45) is 0 Å². The van der Waals surface area contributed by atoms with Gasteiger partial charge in [0.05, 0.1) is 17.6 Å². The van der Waals surface area contributed by atoms with Crippen molar-refractivity contribution in [1.82, 2.24) is 9.62 Å². The van der Waals surface area contributed by atoms with E-state index < -0.39 is 10.0 Å². The quantitative estimate of drug-likeness (QED) is 0.642. The summed E-state index contributed by atoms with van der Waals surface area (Å²) in [5, 5.41) is 0.676. The number of amides is 1. The maximum Gasteiger partial charge on any atom is 0.257 e. The number of aryl methyl sites for hydroxylation is 1. The number of rotatable bonds is 8. The molecule has 1 amide bonds. The summed E-state index contributed by atoms with van der Waals surface area (Å²) in [6, 6.07) is 11.9. The van der Waals surface area contributed by atoms with Gasteiger partial charge >= 0.3 is 0 Å². The van der Waals surface area contributed by atoms with Crippen molar-refractivity contribution < 1.29 is 17.9 Å². The Morgan fingerprint density at radius 1 is 1.17 bits per heavy atom. The number of ether oxygens (including phenoxy) is 1. The van der Waals surface area contributed by atoms with E-state index in [1.54, 1.807) is 4.90 Å². The van der Waals surface area contributed by atoms with E-state index in [1.807, 2.05) is 24.3 Å². The number of hydrogen-bond acceptors (Lipinski definition) is 4. The highest BCUT2D eigenvalue weighted by Gasteiger charge is 2.25. The Balaban J connectivity index is 1.68. The number of benzene rings is 2. The average Bonchev–Trinajstić information content (AvgIpc) is 3.26. The van der Waals surface area contributed by atoms with E-state index in [9.17, 15) is 13.2 Å². The van der Waals surface area contributed by atoms with Gasteiger partial charge < -0.3 is 9.64 Å². The van der Waals surface area contributed by atoms with Gasteiger partial charge in [0.1, 0.15) is 5.75 Å². The normalized spacial score (nSPS) is 14.2. The summed E-state index contributed by atoms with van der Waals surface area (Å²) < 4.78 is 33.3. The molecule has 1 aliphatic rings. The molecular weight excluding hydrogens is 412 g/mol. The van der Waals surface area contributed by atoms with Crippen molar-refractivity contribution in [3.63, 3.8) is 0 Å². The van der Waals surface area contributed by atoms with Crippen LogP contribution >= 0.6 is 11.6 Å². The Morgan fingerprint density at radius 2 is 1.90 bits per heavy atom. The molecule has 0 aromatic heterocycles. The van der Waals surface area contributed by atoms with Gasteiger partial charge in [0.2, 0.25) is 10.0 Å². The van der Waals surface area contributed by atoms with Crippen LogP contribution < -0.4 is 9.46 Å². The molecular formula is C21H25ClN2O4S. The average molecular weight is 437 g/mol. The molecule has 0 spiro atoms. The molecule has 3 rings (SSSR count). The van der Waals surface area contributed by atoms with E-state index in [1.165, 1.54) is 25.3 Å². The van der Waals surface area contributed by atoms with E-state index in [2.05, 4.69) is 4.72 Å². The fraction of sp³-hybridized carbons (Fsp3) is 0.381. The first-order valence-electron chi connectivity index (χ1n) is 9.63. The third-order valence-corrected chi connectivity index (χ3v) is 6.81. The minimum atomic E-state index is -3.74. The molecule has 0 saturated carbocycles. The number of likely N-dealkylation sites (tertiary alicyclic amines) is 1. The molecule has 1 fully saturated rings. The Bertz CT molecular complexity index is 972. The Morgan fingerprint density at radius 3 is 2.59 bits per heavy atom. The van der Waals surface area contributed by atoms with Crippen LogP contribution in [0.15, 0.2) is 47.4 Å². The van der Waals surface area contributed by atoms with Crippen LogP contribution in [0.3, 0.4) is 0 Å². The third-order valence-electron chi connectivity index (χ3n) is 4.98. The molecule has 0 atom stereocenters. The van der Waals surface area contributed by atoms with Gasteiger partial charge in [-0.05, 0) is 55.5 Å². The first-order valence-corrected chi connectivity index (χ1v) is 11.5. The zero-order chi connectivity index (χ0) is 20.9. The van der Waals surface area contributed by atoms with Gasteiger partial charge in [-0.2, -0.15) is 0 Å². The molecule has 1 aliphatic heterocycles. The molecule has 6 nitrogen and oxygen atoms in total. The summed E-state index contributed by atoms with van der Waals surface area (Å²) in [4.78, 5) is 14.6. The number of methoxy groups -OCH3 is 1. The molecule has 0 unspecified atom stereocenters. The molecule has 8 heteroatoms. The second-order valence-corrected chi connectivity index (χ2v) is 9.13. The van der Waals surface area contributed by atoms with Gasteiger partial charge in [-0.25, -0.2) is 13.1 Å². The lowest BCUT2D eigenvalue weighted by Gasteiger charge is -2.18. The van der Waals surface area contributed by atoms with Crippen molar-refractivity contribution in [2.45, 2.75) is 30.6 Å². The Labute approximate surface area is 176 Å². The van der Waals surface area contributed by atoms with Gasteiger partial charge in [-0.1, -0.05) is 29.8 Å². The van der Waals surface area contributed by atoms with Gasteiger partial charge in [0, 0.05) is 24.7 Å². The third kappa shape index (κ3) is 5.29. The number of carbonyl (C=O) groups excluding carboxylic acids is 1. The number of hydrogen-bond donors (Lipinski definition) is 1. The molecule has 2 aromatic carbocycles. The predicted octanol–water partition coefficient (Wildman–Crippen LogP) is 3.50. The standard InChI is InChI=1S/C21H25ClN2O4S/c1-28-20-11-10-17(15-18(20)21(25)24-13-4-5-14-24)29(26,27)23-12-6-8-16-7-2-3-9-19(16)22/h2-3,7,9-11,15,23H,4-6,8,12-14H2,1H3. The van der Waals surface area contributed by atoms with E-state index in [4.69, 9.17) is 16.3 Å². The van der Waals surface area contributed by atoms with Crippen LogP contribution in [-0.2, 0) is 16.4 Å². The Hall–Kier alpha value is -2.09. The molecule has 1 N–H and O–H groups in total. The number of sulfonamides is 1. The van der Waals surface area contributed by atoms with Gasteiger partial charge in [0.15, 0.2) is 0 Å². The van der Waals surface area contributed by atoms with Gasteiger partial charge in [-0.15, -0.1) is 0 Å². The van der Waals surface area contributed by atoms with Crippen molar-refractivity contribution >= 4 is 27.5 Å². The van der Waals surface area contributed by atoms with Crippen molar-refractivity contribution in [2.75, 3.05) is 26.7 Å². The number of carbonyl (C=O) groups is 1. The molecule has 2 aromatic rings. The monoisotopic (exact) mass is 436 g/mol. The molecule has 29 heavy (non-hydrogen) atoms. The van der Waals surface area contributed by atoms with Crippen molar-refractivity contribution in [3.05, 3.63) is 58.6 Å². The minimum Gasteiger partial charge on any atom is -0.496 e. The largest absolute Gasteiger partial charge is 0.496 e. The predicted molar refractivity (Wildman–Crippen MR) is 113 cm³/mol. The molecule has 1 saturated heterocycles. The highest BCUT2D eigenvalue weighted by molar-refractivity contribution is 7.89. The van der Waals surface area contributed by atoms with E-state index in [0.29, 0.717) is 36.7 Å². The van der Waals surface area contributed by atoms with Crippen LogP contribution in [0.1, 0.15) is 35.2 Å². The van der Waals surface area contributed by atoms with Crippen LogP contribution in [0.4, 0.5) is 0 Å². The zero-order valence-corrected chi connectivity index (χ0v) is 17.9. The minimum absolute atomic E-state index is 0.0543. The molecule has 0 bridgehead atoms. The topological polar surface area (TPSA) is 75.7 Å². The summed E-state index contributed by atoms with van der Waals surface area (Å²) in [7, 11) is -2.27. The highest BCUT2D eigenvalue weighted by Crippen LogP contribution is 2.25. The smallest absolute Gasteiger partial charge is 0.257 e. The summed E-state index contributed by atoms with van der Waals surface area (Å²) in [6.07, 6.45) is 3.19. The molecule has 0 radical (unpaired) electrons. The lowest BCUT2D eigenvalue weighted by molar-refractivity contribution is 0.0789. The number of halogens is 1. The fourth-order valence-corrected chi connectivity index (χ4v) is 4.71. The number of nitrogens with zero attached hydrogens (tertiary/aromatic N) is 1. The molecule has 0 aliphatic carbocycles. The van der Waals surface area contributed by atoms with Gasteiger partial charge in [-0.3, -0.25) is 4.79 Å². The molecule has 1 heterocycles. The summed E-state index contributed by atoms with van der Waals surface area (Å²) in [5.41, 5.74) is 1.25. The number of nitrogens with one attached hydrogen (secondary N) is 1. The summed E-state index contributed by atoms with van der Waals surface area (Å²) in [5.74, 6) is 0.176. The van der Waals surface area contributed by atoms with E-state index in [0.717, 1.165) is 18.4 Å². The maximum atomic E-state index is 12.8. The lowest BCUT2D eigenvalue weighted by Crippen LogP contribution is -2.29. The lowest BCUT2D eigenvalue weighted by atomic mass is 10.1. The van der Waals surface area contributed by atoms with Crippen molar-refractivity contribution in [3.8, 4) is 5.75 Å². The summed E-state index contributed by atoms with van der Waals surface area (Å²) >= 11 is 6.13. The van der Waals surface area contributed by atoms with Crippen LogP contribution in [0.25, 0.3) is 0 Å². The summed E-state index contributed by atoms with van der Waals surface area (Å²) in [6.45, 7) is 1.63. The first-order chi connectivity index (χ1) is 13.9. The second-order valence-electron chi connectivity index (χ2n) is 6.95. The molecule has 156 valence electrons. The van der Waals surface area contributed by atoms with Gasteiger partial charge in [0.25, 0.3) is 5.91 Å². The Kier molecular flexibility index (Phi) is 7.16. The maximum absolute atomic E-state index is 12.8. The van der Waals surface area contributed by atoms with Crippen LogP contribution in [0, 0.1) is 0 Å². The zero-order valence-electron chi connectivity index (χ0n) is 16.4. The van der Waals surface area contributed by atoms with E-state index >= 15 is 0 Å². The van der Waals surface area contributed by atoms with Crippen LogP contribution in [-0.4, -0.2) is 46.0 Å². The second kappa shape index (κ2) is 9.61. The first kappa shape index (κ1) is 21.6. The van der Waals surface area contributed by atoms with E-state index in [-0.39, 0.29) is 22.9 Å². The van der Waals surface area contributed by atoms with Crippen molar-refractivity contribution in [1.29, 1.82) is 0 Å². The highest BCUT2D eigenvalue weighted by atomic mass is 35.5. The fourth-order valence-electron chi connectivity index (χ4n) is 3.38. The van der Waals surface area contributed by atoms with Crippen LogP contribution in [0.5, 0.6) is 5.75 Å². The SMILES string of the molecule is COc1ccc(S(=O)(=O)NCCCc2ccccc2Cl)cc1C(=O)N1CCCC1.